The van der Waals surface area contributed by atoms with Crippen molar-refractivity contribution in [2.24, 2.45) is 0 Å². The molecule has 0 saturated carbocycles. The van der Waals surface area contributed by atoms with Crippen molar-refractivity contribution in [1.82, 2.24) is 0 Å². The van der Waals surface area contributed by atoms with Crippen molar-refractivity contribution >= 4 is 23.6 Å². The Hall–Kier alpha value is -1.79. The first-order valence-electron chi connectivity index (χ1n) is 9.05. The van der Waals surface area contributed by atoms with Crippen LogP contribution in [0.5, 0.6) is 0 Å². The minimum absolute atomic E-state index is 0.0822. The summed E-state index contributed by atoms with van der Waals surface area (Å²) in [5, 5.41) is 0.515. The minimum atomic E-state index is -3.66. The summed E-state index contributed by atoms with van der Waals surface area (Å²) in [6.07, 6.45) is 1.04. The molecule has 0 N–H and O–H groups in total. The second-order valence-corrected chi connectivity index (χ2v) is 7.06. The van der Waals surface area contributed by atoms with E-state index in [4.69, 9.17) is 10.0 Å². The quantitative estimate of drug-likeness (QED) is 0.782. The van der Waals surface area contributed by atoms with Gasteiger partial charge in [-0.05, 0) is 35.7 Å². The van der Waals surface area contributed by atoms with E-state index in [2.05, 4.69) is 0 Å². The van der Waals surface area contributed by atoms with Gasteiger partial charge in [-0.1, -0.05) is 50.2 Å². The smallest absolute Gasteiger partial charge is 0.307 e. The fourth-order valence-corrected chi connectivity index (χ4v) is 4.86. The molecule has 1 atom stereocenters. The lowest BCUT2D eigenvalue weighted by Crippen LogP contribution is -2.25. The molecule has 1 heterocycles. The van der Waals surface area contributed by atoms with Crippen LogP contribution in [0.1, 0.15) is 37.7 Å². The second kappa shape index (κ2) is 5.54. The van der Waals surface area contributed by atoms with E-state index in [1.54, 1.807) is 30.3 Å². The topological polar surface area (TPSA) is 26.3 Å². The summed E-state index contributed by atoms with van der Waals surface area (Å²) in [6, 6.07) is 7.50. The number of allylic oxidation sites excluding steroid dienone is 2. The van der Waals surface area contributed by atoms with Crippen LogP contribution in [0.3, 0.4) is 0 Å². The molecule has 0 fully saturated rings. The van der Waals surface area contributed by atoms with Crippen molar-refractivity contribution in [3.8, 4) is 0 Å². The average Bonchev–Trinajstić information content (AvgIpc) is 2.64. The van der Waals surface area contributed by atoms with Gasteiger partial charge in [0.05, 0.1) is 16.1 Å². The number of hydrogen-bond acceptors (Lipinski definition) is 2. The lowest BCUT2D eigenvalue weighted by Gasteiger charge is -2.30. The number of hydrogen-bond donors (Lipinski definition) is 0. The monoisotopic (exact) mass is 302 g/mol. The van der Waals surface area contributed by atoms with Crippen LogP contribution in [-0.4, -0.2) is 0 Å². The van der Waals surface area contributed by atoms with Gasteiger partial charge in [0.25, 0.3) is 0 Å². The van der Waals surface area contributed by atoms with E-state index in [0.717, 1.165) is 0 Å². The maximum absolute atomic E-state index is 13.9. The van der Waals surface area contributed by atoms with Crippen LogP contribution in [0.4, 0.5) is 0 Å². The zero-order chi connectivity index (χ0) is 18.4. The normalized spacial score (nSPS) is 23.5. The van der Waals surface area contributed by atoms with Crippen molar-refractivity contribution in [2.75, 3.05) is 0 Å². The highest BCUT2D eigenvalue weighted by Crippen LogP contribution is 2.53. The molecule has 2 aromatic carbocycles. The molecule has 0 spiro atoms. The predicted octanol–water partition coefficient (Wildman–Crippen LogP) is 4.48. The Morgan fingerprint density at radius 2 is 1.81 bits per heavy atom. The SMILES string of the molecule is [2H]c1c([2H])c([2H])c2c(c1[2H])C(CC)=C(CC)OP2(=O)c1ccccc1. The molecule has 1 aliphatic rings. The Balaban J connectivity index is 2.48. The van der Waals surface area contributed by atoms with Crippen molar-refractivity contribution in [2.45, 2.75) is 26.7 Å². The average molecular weight is 302 g/mol. The van der Waals surface area contributed by atoms with Gasteiger partial charge in [0, 0.05) is 6.42 Å². The standard InChI is InChI=1S/C18H19O2P/c1-3-15-16-12-8-9-13-18(16)21(19,20-17(15)4-2)14-10-6-5-7-11-14/h5-13H,3-4H2,1-2H3/i8D,9D,12D,13D. The first kappa shape index (κ1) is 10.0. The minimum Gasteiger partial charge on any atom is -0.441 e. The van der Waals surface area contributed by atoms with Gasteiger partial charge < -0.3 is 4.52 Å². The molecular formula is C18H19O2P. The van der Waals surface area contributed by atoms with E-state index in [9.17, 15) is 4.57 Å². The Morgan fingerprint density at radius 3 is 2.48 bits per heavy atom. The Labute approximate surface area is 131 Å². The summed E-state index contributed by atoms with van der Waals surface area (Å²) in [7, 11) is -3.66. The summed E-state index contributed by atoms with van der Waals surface area (Å²) in [6.45, 7) is 3.79. The van der Waals surface area contributed by atoms with Gasteiger partial charge in [0.2, 0.25) is 0 Å². The Kier molecular flexibility index (Phi) is 2.64. The van der Waals surface area contributed by atoms with Crippen LogP contribution in [0.25, 0.3) is 5.57 Å². The molecular weight excluding hydrogens is 279 g/mol. The molecule has 0 bridgehead atoms. The van der Waals surface area contributed by atoms with Crippen LogP contribution < -0.4 is 10.6 Å². The van der Waals surface area contributed by atoms with Crippen molar-refractivity contribution in [3.05, 3.63) is 65.8 Å². The zero-order valence-electron chi connectivity index (χ0n) is 16.1. The lowest BCUT2D eigenvalue weighted by atomic mass is 10.0. The zero-order valence-corrected chi connectivity index (χ0v) is 13.0. The highest BCUT2D eigenvalue weighted by Gasteiger charge is 2.37. The predicted molar refractivity (Wildman–Crippen MR) is 88.3 cm³/mol. The largest absolute Gasteiger partial charge is 0.441 e. The summed E-state index contributed by atoms with van der Waals surface area (Å²) >= 11 is 0. The Bertz CT molecular complexity index is 923. The van der Waals surface area contributed by atoms with Gasteiger partial charge in [-0.3, -0.25) is 4.57 Å². The van der Waals surface area contributed by atoms with Gasteiger partial charge in [-0.2, -0.15) is 0 Å². The lowest BCUT2D eigenvalue weighted by molar-refractivity contribution is 0.406. The molecule has 0 radical (unpaired) electrons. The number of rotatable bonds is 3. The third-order valence-corrected chi connectivity index (χ3v) is 5.99. The van der Waals surface area contributed by atoms with Crippen LogP contribution in [-0.2, 0) is 9.09 Å². The molecule has 108 valence electrons. The molecule has 2 aromatic rings. The molecule has 0 aliphatic carbocycles. The van der Waals surface area contributed by atoms with Gasteiger partial charge in [-0.25, -0.2) is 0 Å². The van der Waals surface area contributed by atoms with Crippen molar-refractivity contribution in [3.63, 3.8) is 0 Å². The summed E-state index contributed by atoms with van der Waals surface area (Å²) in [5.41, 5.74) is 1.04. The molecule has 1 aliphatic heterocycles. The summed E-state index contributed by atoms with van der Waals surface area (Å²) in [4.78, 5) is 0. The van der Waals surface area contributed by atoms with E-state index in [0.29, 0.717) is 35.0 Å². The highest BCUT2D eigenvalue weighted by atomic mass is 31.2. The van der Waals surface area contributed by atoms with Gasteiger partial charge in [0.1, 0.15) is 5.76 Å². The van der Waals surface area contributed by atoms with Crippen LogP contribution in [0, 0.1) is 0 Å². The first-order chi connectivity index (χ1) is 11.9. The fourth-order valence-electron chi connectivity index (χ4n) is 2.60. The molecule has 1 unspecified atom stereocenters. The maximum Gasteiger partial charge on any atom is 0.307 e. The number of fused-ring (bicyclic) bond motifs is 1. The summed E-state index contributed by atoms with van der Waals surface area (Å²) < 4.78 is 52.6. The van der Waals surface area contributed by atoms with E-state index >= 15 is 0 Å². The van der Waals surface area contributed by atoms with E-state index in [1.807, 2.05) is 13.8 Å². The number of benzene rings is 2. The van der Waals surface area contributed by atoms with Crippen molar-refractivity contribution in [1.29, 1.82) is 0 Å². The van der Waals surface area contributed by atoms with Crippen LogP contribution >= 0.6 is 7.37 Å². The second-order valence-electron chi connectivity index (χ2n) is 4.81. The first-order valence-corrected chi connectivity index (χ1v) is 8.67. The molecule has 2 nitrogen and oxygen atoms in total. The maximum atomic E-state index is 13.9. The molecule has 3 heteroatoms. The summed E-state index contributed by atoms with van der Waals surface area (Å²) in [5.74, 6) is 0.534. The molecule has 0 amide bonds. The van der Waals surface area contributed by atoms with E-state index in [1.165, 1.54) is 0 Å². The van der Waals surface area contributed by atoms with Gasteiger partial charge in [0.15, 0.2) is 0 Å². The van der Waals surface area contributed by atoms with Gasteiger partial charge in [-0.15, -0.1) is 0 Å². The fraction of sp³-hybridized carbons (Fsp3) is 0.222. The van der Waals surface area contributed by atoms with Crippen LogP contribution in [0.2, 0.25) is 0 Å². The van der Waals surface area contributed by atoms with Crippen LogP contribution in [0.15, 0.2) is 60.3 Å². The van der Waals surface area contributed by atoms with E-state index in [-0.39, 0.29) is 29.5 Å². The third kappa shape index (κ3) is 2.24. The third-order valence-electron chi connectivity index (χ3n) is 3.61. The van der Waals surface area contributed by atoms with Gasteiger partial charge >= 0.3 is 7.37 Å². The molecule has 3 rings (SSSR count). The molecule has 0 saturated heterocycles. The Morgan fingerprint density at radius 1 is 1.10 bits per heavy atom. The molecule has 21 heavy (non-hydrogen) atoms. The van der Waals surface area contributed by atoms with E-state index < -0.39 is 7.37 Å². The van der Waals surface area contributed by atoms with Crippen molar-refractivity contribution < 1.29 is 14.6 Å². The molecule has 0 aromatic heterocycles. The highest BCUT2D eigenvalue weighted by molar-refractivity contribution is 7.74.